The van der Waals surface area contributed by atoms with Crippen molar-refractivity contribution in [3.63, 3.8) is 0 Å². The lowest BCUT2D eigenvalue weighted by Crippen LogP contribution is -2.59. The van der Waals surface area contributed by atoms with E-state index in [1.54, 1.807) is 0 Å². The molecule has 0 radical (unpaired) electrons. The molecule has 1 aliphatic carbocycles. The Morgan fingerprint density at radius 1 is 1.00 bits per heavy atom. The topological polar surface area (TPSA) is 9.23 Å². The van der Waals surface area contributed by atoms with E-state index in [0.29, 0.717) is 6.10 Å². The summed E-state index contributed by atoms with van der Waals surface area (Å²) in [5.41, 5.74) is 0. The zero-order valence-electron chi connectivity index (χ0n) is 14.7. The molecule has 24 heavy (non-hydrogen) atoms. The molecule has 2 aromatic carbocycles. The van der Waals surface area contributed by atoms with E-state index in [0.717, 1.165) is 12.3 Å². The molecule has 0 bridgehead atoms. The Hall–Kier alpha value is -1.64. The first-order chi connectivity index (χ1) is 11.7. The predicted molar refractivity (Wildman–Crippen MR) is 105 cm³/mol. The third-order valence-corrected chi connectivity index (χ3v) is 9.00. The zero-order chi connectivity index (χ0) is 16.8. The minimum Gasteiger partial charge on any atom is -0.405 e. The molecule has 2 aromatic rings. The van der Waals surface area contributed by atoms with Crippen LogP contribution in [0, 0.1) is 5.92 Å². The van der Waals surface area contributed by atoms with E-state index >= 15 is 0 Å². The van der Waals surface area contributed by atoms with Crippen LogP contribution >= 0.6 is 0 Å². The average molecular weight is 337 g/mol. The van der Waals surface area contributed by atoms with Crippen LogP contribution in [0.2, 0.25) is 6.55 Å². The smallest absolute Gasteiger partial charge is 0.253 e. The molecule has 1 saturated carbocycles. The lowest BCUT2D eigenvalue weighted by Gasteiger charge is -2.32. The Morgan fingerprint density at radius 2 is 1.58 bits per heavy atom. The molecule has 0 heterocycles. The summed E-state index contributed by atoms with van der Waals surface area (Å²) in [5, 5.41) is 2.73. The first-order valence-electron chi connectivity index (χ1n) is 9.12. The van der Waals surface area contributed by atoms with Crippen molar-refractivity contribution in [3.05, 3.63) is 73.3 Å². The summed E-state index contributed by atoms with van der Waals surface area (Å²) in [6.45, 7) is 6.21. The summed E-state index contributed by atoms with van der Waals surface area (Å²) in [4.78, 5) is 0. The average Bonchev–Trinajstić information content (AvgIpc) is 3.08. The van der Waals surface area contributed by atoms with E-state index in [9.17, 15) is 0 Å². The Balaban J connectivity index is 1.81. The molecule has 0 spiro atoms. The van der Waals surface area contributed by atoms with Crippen LogP contribution in [0.5, 0.6) is 0 Å². The van der Waals surface area contributed by atoms with Crippen molar-refractivity contribution in [1.29, 1.82) is 0 Å². The fourth-order valence-corrected chi connectivity index (χ4v) is 7.04. The maximum absolute atomic E-state index is 6.89. The van der Waals surface area contributed by atoms with E-state index in [1.807, 2.05) is 6.08 Å². The van der Waals surface area contributed by atoms with Gasteiger partial charge in [-0.15, -0.1) is 6.58 Å². The van der Waals surface area contributed by atoms with E-state index in [4.69, 9.17) is 4.43 Å². The number of allylic oxidation sites excluding steroid dienone is 1. The molecule has 3 rings (SSSR count). The van der Waals surface area contributed by atoms with E-state index in [2.05, 4.69) is 73.8 Å². The molecule has 1 fully saturated rings. The number of hydrogen-bond acceptors (Lipinski definition) is 1. The van der Waals surface area contributed by atoms with Crippen LogP contribution in [0.15, 0.2) is 73.3 Å². The molecule has 2 heteroatoms. The van der Waals surface area contributed by atoms with Crippen LogP contribution in [-0.4, -0.2) is 14.4 Å². The molecule has 1 aliphatic rings. The summed E-state index contributed by atoms with van der Waals surface area (Å²) in [5.74, 6) is 0.804. The van der Waals surface area contributed by atoms with Crippen LogP contribution in [0.3, 0.4) is 0 Å². The van der Waals surface area contributed by atoms with Crippen molar-refractivity contribution < 1.29 is 4.43 Å². The van der Waals surface area contributed by atoms with Crippen molar-refractivity contribution in [1.82, 2.24) is 0 Å². The van der Waals surface area contributed by atoms with E-state index < -0.39 is 8.32 Å². The van der Waals surface area contributed by atoms with Gasteiger partial charge in [-0.05, 0) is 54.9 Å². The summed E-state index contributed by atoms with van der Waals surface area (Å²) in [7, 11) is -2.15. The van der Waals surface area contributed by atoms with Gasteiger partial charge in [0.15, 0.2) is 0 Å². The molecule has 1 nitrogen and oxygen atoms in total. The molecular formula is C22H28OSi. The van der Waals surface area contributed by atoms with Gasteiger partial charge in [-0.3, -0.25) is 0 Å². The van der Waals surface area contributed by atoms with Gasteiger partial charge in [0, 0.05) is 6.10 Å². The minimum atomic E-state index is -2.15. The highest BCUT2D eigenvalue weighted by molar-refractivity contribution is 6.96. The molecule has 0 aromatic heterocycles. The van der Waals surface area contributed by atoms with Gasteiger partial charge < -0.3 is 4.43 Å². The summed E-state index contributed by atoms with van der Waals surface area (Å²) in [6.07, 6.45) is 8.53. The van der Waals surface area contributed by atoms with Gasteiger partial charge in [0.05, 0.1) is 0 Å². The monoisotopic (exact) mass is 336 g/mol. The van der Waals surface area contributed by atoms with Crippen molar-refractivity contribution in [2.75, 3.05) is 0 Å². The highest BCUT2D eigenvalue weighted by Crippen LogP contribution is 2.32. The van der Waals surface area contributed by atoms with Crippen LogP contribution in [0.4, 0.5) is 0 Å². The van der Waals surface area contributed by atoms with Crippen LogP contribution in [0.25, 0.3) is 0 Å². The first-order valence-corrected chi connectivity index (χ1v) is 11.5. The Morgan fingerprint density at radius 3 is 2.12 bits per heavy atom. The minimum absolute atomic E-state index is 0.400. The van der Waals surface area contributed by atoms with Gasteiger partial charge in [0.2, 0.25) is 0 Å². The summed E-state index contributed by atoms with van der Waals surface area (Å²) >= 11 is 0. The lowest BCUT2D eigenvalue weighted by atomic mass is 10.0. The Bertz CT molecular complexity index is 598. The second-order valence-corrected chi connectivity index (χ2v) is 10.5. The molecule has 126 valence electrons. The molecule has 2 atom stereocenters. The van der Waals surface area contributed by atoms with Crippen molar-refractivity contribution in [2.24, 2.45) is 5.92 Å². The van der Waals surface area contributed by atoms with Crippen LogP contribution < -0.4 is 10.4 Å². The highest BCUT2D eigenvalue weighted by Gasteiger charge is 2.38. The molecular weight excluding hydrogens is 308 g/mol. The SMILES string of the molecule is C=CCCC1CCC(O[Si](C)(c2ccccc2)c2ccccc2)C1. The maximum atomic E-state index is 6.89. The van der Waals surface area contributed by atoms with Gasteiger partial charge in [0.1, 0.15) is 0 Å². The first kappa shape index (κ1) is 17.2. The van der Waals surface area contributed by atoms with Crippen molar-refractivity contribution >= 4 is 18.7 Å². The fraction of sp³-hybridized carbons (Fsp3) is 0.364. The Kier molecular flexibility index (Phi) is 5.70. The number of hydrogen-bond donors (Lipinski definition) is 0. The van der Waals surface area contributed by atoms with Gasteiger partial charge in [0.25, 0.3) is 8.32 Å². The Labute approximate surface area is 147 Å². The summed E-state index contributed by atoms with van der Waals surface area (Å²) < 4.78 is 6.89. The summed E-state index contributed by atoms with van der Waals surface area (Å²) in [6, 6.07) is 21.7. The maximum Gasteiger partial charge on any atom is 0.253 e. The van der Waals surface area contributed by atoms with Crippen LogP contribution in [-0.2, 0) is 4.43 Å². The molecule has 2 unspecified atom stereocenters. The third kappa shape index (κ3) is 3.88. The second-order valence-electron chi connectivity index (χ2n) is 7.05. The van der Waals surface area contributed by atoms with E-state index in [1.165, 1.54) is 36.1 Å². The second kappa shape index (κ2) is 7.95. The number of rotatable bonds is 7. The highest BCUT2D eigenvalue weighted by atomic mass is 28.4. The quantitative estimate of drug-likeness (QED) is 0.533. The van der Waals surface area contributed by atoms with Crippen molar-refractivity contribution in [2.45, 2.75) is 44.8 Å². The number of benzene rings is 2. The molecule has 0 saturated heterocycles. The van der Waals surface area contributed by atoms with Gasteiger partial charge >= 0.3 is 0 Å². The van der Waals surface area contributed by atoms with Gasteiger partial charge in [-0.25, -0.2) is 0 Å². The normalized spacial score (nSPS) is 20.9. The standard InChI is InChI=1S/C22H28OSi/c1-3-4-11-19-16-17-20(18-19)23-24(2,21-12-7-5-8-13-21)22-14-9-6-10-15-22/h3,5-10,12-15,19-20H,1,4,11,16-18H2,2H3. The van der Waals surface area contributed by atoms with Crippen LogP contribution in [0.1, 0.15) is 32.1 Å². The van der Waals surface area contributed by atoms with Gasteiger partial charge in [-0.2, -0.15) is 0 Å². The predicted octanol–water partition coefficient (Wildman–Crippen LogP) is 4.53. The van der Waals surface area contributed by atoms with E-state index in [-0.39, 0.29) is 0 Å². The zero-order valence-corrected chi connectivity index (χ0v) is 15.7. The van der Waals surface area contributed by atoms with Gasteiger partial charge in [-0.1, -0.05) is 66.7 Å². The largest absolute Gasteiger partial charge is 0.405 e. The molecule has 0 aliphatic heterocycles. The molecule has 0 amide bonds. The van der Waals surface area contributed by atoms with Crippen molar-refractivity contribution in [3.8, 4) is 0 Å². The molecule has 0 N–H and O–H groups in total. The fourth-order valence-electron chi connectivity index (χ4n) is 3.90. The third-order valence-electron chi connectivity index (χ3n) is 5.32. The lowest BCUT2D eigenvalue weighted by molar-refractivity contribution is 0.202.